The highest BCUT2D eigenvalue weighted by atomic mass is 32.1. The van der Waals surface area contributed by atoms with Crippen LogP contribution in [0.1, 0.15) is 5.01 Å². The lowest BCUT2D eigenvalue weighted by atomic mass is 10.1. The van der Waals surface area contributed by atoms with Crippen LogP contribution in [-0.2, 0) is 0 Å². The van der Waals surface area contributed by atoms with Gasteiger partial charge in [0.1, 0.15) is 11.9 Å². The number of nitrogens with zero attached hydrogens (tertiary/aromatic N) is 4. The molecule has 0 unspecified atom stereocenters. The molecular formula is C17H10FN5O2S. The van der Waals surface area contributed by atoms with Crippen molar-refractivity contribution < 1.29 is 9.31 Å². The van der Waals surface area contributed by atoms with E-state index in [1.54, 1.807) is 17.5 Å². The Hall–Kier alpha value is -3.64. The van der Waals surface area contributed by atoms with Crippen molar-refractivity contribution in [2.75, 3.05) is 5.43 Å². The van der Waals surface area contributed by atoms with Crippen molar-refractivity contribution in [1.82, 2.24) is 4.98 Å². The molecule has 0 aliphatic heterocycles. The number of halogens is 1. The highest BCUT2D eigenvalue weighted by Gasteiger charge is 2.12. The van der Waals surface area contributed by atoms with E-state index >= 15 is 0 Å². The second-order valence-corrected chi connectivity index (χ2v) is 5.89. The third-order valence-corrected chi connectivity index (χ3v) is 4.18. The minimum Gasteiger partial charge on any atom is -0.277 e. The summed E-state index contributed by atoms with van der Waals surface area (Å²) in [5.41, 5.74) is 4.57. The second-order valence-electron chi connectivity index (χ2n) is 5.03. The molecule has 0 aliphatic carbocycles. The minimum absolute atomic E-state index is 0.00743. The van der Waals surface area contributed by atoms with Gasteiger partial charge in [0.25, 0.3) is 5.69 Å². The van der Waals surface area contributed by atoms with Crippen LogP contribution in [0.3, 0.4) is 0 Å². The van der Waals surface area contributed by atoms with Gasteiger partial charge in [0.2, 0.25) is 0 Å². The molecule has 0 fully saturated rings. The van der Waals surface area contributed by atoms with Gasteiger partial charge in [0, 0.05) is 23.1 Å². The van der Waals surface area contributed by atoms with Gasteiger partial charge in [-0.05, 0) is 36.4 Å². The quantitative estimate of drug-likeness (QED) is 0.413. The number of non-ortho nitro benzene ring substituents is 1. The third kappa shape index (κ3) is 3.88. The normalized spacial score (nSPS) is 11.0. The number of hydrogen-bond acceptors (Lipinski definition) is 7. The molecule has 1 heterocycles. The van der Waals surface area contributed by atoms with Crippen LogP contribution in [0.5, 0.6) is 0 Å². The van der Waals surface area contributed by atoms with Gasteiger partial charge in [-0.3, -0.25) is 15.5 Å². The van der Waals surface area contributed by atoms with E-state index in [4.69, 9.17) is 0 Å². The number of thiazole rings is 1. The van der Waals surface area contributed by atoms with Gasteiger partial charge in [-0.15, -0.1) is 11.3 Å². The van der Waals surface area contributed by atoms with Crippen molar-refractivity contribution in [3.05, 3.63) is 74.9 Å². The van der Waals surface area contributed by atoms with Crippen LogP contribution in [0.2, 0.25) is 0 Å². The van der Waals surface area contributed by atoms with Crippen molar-refractivity contribution in [3.8, 4) is 17.3 Å². The lowest BCUT2D eigenvalue weighted by Gasteiger charge is -2.00. The molecule has 0 saturated heterocycles. The first-order valence-corrected chi connectivity index (χ1v) is 8.15. The zero-order valence-electron chi connectivity index (χ0n) is 13.1. The maximum atomic E-state index is 12.9. The summed E-state index contributed by atoms with van der Waals surface area (Å²) in [6, 6.07) is 13.5. The molecule has 1 N–H and O–H groups in total. The zero-order valence-corrected chi connectivity index (χ0v) is 13.9. The van der Waals surface area contributed by atoms with Crippen molar-refractivity contribution >= 4 is 28.4 Å². The summed E-state index contributed by atoms with van der Waals surface area (Å²) >= 11 is 1.23. The molecule has 7 nitrogen and oxygen atoms in total. The highest BCUT2D eigenvalue weighted by Crippen LogP contribution is 2.24. The average molecular weight is 367 g/mol. The fourth-order valence-electron chi connectivity index (χ4n) is 2.03. The Bertz CT molecular complexity index is 1010. The fraction of sp³-hybridized carbons (Fsp3) is 0. The summed E-state index contributed by atoms with van der Waals surface area (Å²) in [5, 5.41) is 26.1. The molecule has 9 heteroatoms. The van der Waals surface area contributed by atoms with Gasteiger partial charge in [-0.1, -0.05) is 0 Å². The largest absolute Gasteiger partial charge is 0.277 e. The maximum Gasteiger partial charge on any atom is 0.269 e. The SMILES string of the molecule is N#C/C(=N/Nc1ccc(F)cc1)c1nc(-c2ccc([N+](=O)[O-])cc2)cs1. The Morgan fingerprint density at radius 3 is 2.54 bits per heavy atom. The van der Waals surface area contributed by atoms with E-state index in [-0.39, 0.29) is 17.2 Å². The molecule has 128 valence electrons. The Kier molecular flexibility index (Phi) is 4.96. The van der Waals surface area contributed by atoms with Crippen LogP contribution < -0.4 is 5.43 Å². The molecule has 1 aromatic heterocycles. The Morgan fingerprint density at radius 2 is 1.92 bits per heavy atom. The molecule has 0 saturated carbocycles. The molecule has 0 atom stereocenters. The van der Waals surface area contributed by atoms with Gasteiger partial charge < -0.3 is 0 Å². The van der Waals surface area contributed by atoms with Crippen LogP contribution in [0.25, 0.3) is 11.3 Å². The standard InChI is InChI=1S/C17H10FN5O2S/c18-12-3-5-13(6-4-12)21-22-15(9-19)17-20-16(10-26-17)11-1-7-14(8-2-11)23(24)25/h1-8,10,21H/b22-15-. The van der Waals surface area contributed by atoms with Crippen LogP contribution in [0.4, 0.5) is 15.8 Å². The lowest BCUT2D eigenvalue weighted by molar-refractivity contribution is -0.384. The number of nitro groups is 1. The van der Waals surface area contributed by atoms with Gasteiger partial charge in [0.15, 0.2) is 10.7 Å². The molecule has 26 heavy (non-hydrogen) atoms. The van der Waals surface area contributed by atoms with Gasteiger partial charge in [0.05, 0.1) is 16.3 Å². The smallest absolute Gasteiger partial charge is 0.269 e. The summed E-state index contributed by atoms with van der Waals surface area (Å²) in [7, 11) is 0. The van der Waals surface area contributed by atoms with E-state index in [1.165, 1.54) is 47.7 Å². The van der Waals surface area contributed by atoms with Crippen LogP contribution >= 0.6 is 11.3 Å². The number of rotatable bonds is 5. The van der Waals surface area contributed by atoms with Gasteiger partial charge >= 0.3 is 0 Å². The average Bonchev–Trinajstić information content (AvgIpc) is 3.14. The van der Waals surface area contributed by atoms with Gasteiger partial charge in [-0.2, -0.15) is 10.4 Å². The Morgan fingerprint density at radius 1 is 1.23 bits per heavy atom. The van der Waals surface area contributed by atoms with Crippen molar-refractivity contribution in [2.45, 2.75) is 0 Å². The predicted molar refractivity (Wildman–Crippen MR) is 96.4 cm³/mol. The fourth-order valence-corrected chi connectivity index (χ4v) is 2.80. The van der Waals surface area contributed by atoms with E-state index < -0.39 is 4.92 Å². The minimum atomic E-state index is -0.474. The maximum absolute atomic E-state index is 12.9. The number of hydrazone groups is 1. The number of nitriles is 1. The first-order valence-electron chi connectivity index (χ1n) is 7.27. The summed E-state index contributed by atoms with van der Waals surface area (Å²) in [6.07, 6.45) is 0. The van der Waals surface area contributed by atoms with Crippen LogP contribution in [0.15, 0.2) is 59.0 Å². The number of hydrogen-bond donors (Lipinski definition) is 1. The molecule has 0 bridgehead atoms. The Labute approximate surface area is 151 Å². The lowest BCUT2D eigenvalue weighted by Crippen LogP contribution is -2.01. The van der Waals surface area contributed by atoms with Crippen molar-refractivity contribution in [3.63, 3.8) is 0 Å². The topological polar surface area (TPSA) is 104 Å². The van der Waals surface area contributed by atoms with E-state index in [9.17, 15) is 19.8 Å². The summed E-state index contributed by atoms with van der Waals surface area (Å²) in [5.74, 6) is -0.368. The first-order chi connectivity index (χ1) is 12.6. The molecule has 2 aromatic carbocycles. The molecule has 0 aliphatic rings. The molecule has 0 amide bonds. The Balaban J connectivity index is 1.80. The van der Waals surface area contributed by atoms with E-state index in [0.717, 1.165) is 0 Å². The van der Waals surface area contributed by atoms with E-state index in [0.29, 0.717) is 22.0 Å². The second kappa shape index (κ2) is 7.50. The molecule has 3 rings (SSSR count). The number of nitrogens with one attached hydrogen (secondary N) is 1. The first kappa shape index (κ1) is 17.2. The third-order valence-electron chi connectivity index (χ3n) is 3.33. The van der Waals surface area contributed by atoms with Crippen molar-refractivity contribution in [1.29, 1.82) is 5.26 Å². The van der Waals surface area contributed by atoms with E-state index in [2.05, 4.69) is 15.5 Å². The monoisotopic (exact) mass is 367 g/mol. The number of aromatic nitrogens is 1. The molecule has 0 radical (unpaired) electrons. The van der Waals surface area contributed by atoms with Crippen molar-refractivity contribution in [2.24, 2.45) is 5.10 Å². The summed E-state index contributed by atoms with van der Waals surface area (Å²) in [4.78, 5) is 14.6. The number of anilines is 1. The summed E-state index contributed by atoms with van der Waals surface area (Å²) in [6.45, 7) is 0. The predicted octanol–water partition coefficient (Wildman–Crippen LogP) is 4.20. The van der Waals surface area contributed by atoms with Gasteiger partial charge in [-0.25, -0.2) is 9.37 Å². The number of nitro benzene ring substituents is 1. The molecular weight excluding hydrogens is 357 g/mol. The molecule has 3 aromatic rings. The highest BCUT2D eigenvalue weighted by molar-refractivity contribution is 7.12. The van der Waals surface area contributed by atoms with Crippen LogP contribution in [-0.4, -0.2) is 15.6 Å². The number of benzene rings is 2. The van der Waals surface area contributed by atoms with E-state index in [1.807, 2.05) is 6.07 Å². The molecule has 0 spiro atoms. The zero-order chi connectivity index (χ0) is 18.5. The summed E-state index contributed by atoms with van der Waals surface area (Å²) < 4.78 is 12.9. The van der Waals surface area contributed by atoms with Crippen LogP contribution in [0, 0.1) is 27.3 Å².